The first-order valence-electron chi connectivity index (χ1n) is 8.86. The van der Waals surface area contributed by atoms with Gasteiger partial charge >= 0.3 is 0 Å². The molecule has 0 saturated heterocycles. The number of ether oxygens (including phenoxy) is 1. The molecular weight excluding hydrogens is 284 g/mol. The smallest absolute Gasteiger partial charge is 0.227 e. The summed E-state index contributed by atoms with van der Waals surface area (Å²) in [6.07, 6.45) is 6.48. The molecule has 124 valence electrons. The lowest BCUT2D eigenvalue weighted by atomic mass is 9.70. The van der Waals surface area contributed by atoms with Crippen molar-refractivity contribution in [1.82, 2.24) is 0 Å². The molecule has 0 spiro atoms. The fourth-order valence-corrected chi connectivity index (χ4v) is 4.57. The monoisotopic (exact) mass is 312 g/mol. The van der Waals surface area contributed by atoms with Crippen LogP contribution >= 0.6 is 0 Å². The largest absolute Gasteiger partial charge is 0.486 e. The molecule has 2 bridgehead atoms. The van der Waals surface area contributed by atoms with Gasteiger partial charge in [0.1, 0.15) is 6.10 Å². The van der Waals surface area contributed by atoms with Gasteiger partial charge in [-0.05, 0) is 43.1 Å². The van der Waals surface area contributed by atoms with E-state index in [-0.39, 0.29) is 17.3 Å². The van der Waals surface area contributed by atoms with Gasteiger partial charge in [-0.25, -0.2) is 0 Å². The number of carbonyl (C=O) groups is 1. The number of Topliss-reactive ketones (excluding diaryl/α,β-unsaturated/α-hetero) is 1. The number of benzene rings is 1. The van der Waals surface area contributed by atoms with Crippen LogP contribution in [-0.4, -0.2) is 11.9 Å². The molecule has 0 amide bonds. The van der Waals surface area contributed by atoms with E-state index in [1.165, 1.54) is 12.8 Å². The summed E-state index contributed by atoms with van der Waals surface area (Å²) < 4.78 is 6.35. The topological polar surface area (TPSA) is 26.3 Å². The van der Waals surface area contributed by atoms with Crippen LogP contribution in [0, 0.1) is 16.7 Å². The summed E-state index contributed by atoms with van der Waals surface area (Å²) in [4.78, 5) is 12.8. The number of ketones is 1. The van der Waals surface area contributed by atoms with E-state index in [2.05, 4.69) is 20.8 Å². The van der Waals surface area contributed by atoms with Gasteiger partial charge < -0.3 is 4.74 Å². The number of hydrogen-bond acceptors (Lipinski definition) is 2. The third-order valence-electron chi connectivity index (χ3n) is 6.63. The van der Waals surface area contributed by atoms with Crippen molar-refractivity contribution < 1.29 is 9.53 Å². The number of hydrogen-bond donors (Lipinski definition) is 0. The number of rotatable bonds is 5. The minimum Gasteiger partial charge on any atom is -0.486 e. The van der Waals surface area contributed by atoms with Crippen molar-refractivity contribution in [2.24, 2.45) is 16.7 Å². The summed E-state index contributed by atoms with van der Waals surface area (Å²) in [5.74, 6) is 1.26. The lowest BCUT2D eigenvalue weighted by Crippen LogP contribution is -2.37. The molecule has 0 radical (unpaired) electrons. The fourth-order valence-electron chi connectivity index (χ4n) is 4.57. The van der Waals surface area contributed by atoms with Gasteiger partial charge in [0.25, 0.3) is 0 Å². The molecule has 23 heavy (non-hydrogen) atoms. The molecule has 0 aromatic heterocycles. The van der Waals surface area contributed by atoms with Gasteiger partial charge in [-0.15, -0.1) is 0 Å². The van der Waals surface area contributed by atoms with Gasteiger partial charge in [0.2, 0.25) is 5.78 Å². The first-order valence-corrected chi connectivity index (χ1v) is 8.86. The molecule has 3 atom stereocenters. The Bertz CT molecular complexity index is 614. The standard InChI is InChI=1S/C21H28O2/c1-5-9-17(19(22)15-10-7-6-8-11-15)23-18-14-16-12-13-21(18,4)20(16,2)3/h6-11,16,18H,5,12-14H2,1-4H3/b17-9+/t16-,18+,21+/m0/s1. The van der Waals surface area contributed by atoms with E-state index in [0.29, 0.717) is 22.7 Å². The predicted octanol–water partition coefficient (Wildman–Crippen LogP) is 5.39. The predicted molar refractivity (Wildman–Crippen MR) is 93.2 cm³/mol. The number of fused-ring (bicyclic) bond motifs is 2. The summed E-state index contributed by atoms with van der Waals surface area (Å²) in [5.41, 5.74) is 1.17. The zero-order valence-corrected chi connectivity index (χ0v) is 14.8. The molecule has 2 nitrogen and oxygen atoms in total. The SMILES string of the molecule is CC/C=C(/O[C@@H]1C[C@@H]2CC[C@@]1(C)C2(C)C)C(=O)c1ccccc1. The molecule has 2 heteroatoms. The maximum absolute atomic E-state index is 12.8. The van der Waals surface area contributed by atoms with Gasteiger partial charge in [-0.2, -0.15) is 0 Å². The quantitative estimate of drug-likeness (QED) is 0.413. The highest BCUT2D eigenvalue weighted by Gasteiger charge is 2.62. The molecule has 0 aliphatic heterocycles. The highest BCUT2D eigenvalue weighted by Crippen LogP contribution is 2.66. The molecule has 3 rings (SSSR count). The Labute approximate surface area is 139 Å². The summed E-state index contributed by atoms with van der Waals surface area (Å²) in [6.45, 7) is 9.14. The Kier molecular flexibility index (Phi) is 4.12. The molecule has 1 aromatic rings. The van der Waals surface area contributed by atoms with Crippen LogP contribution in [0.5, 0.6) is 0 Å². The third kappa shape index (κ3) is 2.52. The lowest BCUT2D eigenvalue weighted by molar-refractivity contribution is -0.0116. The first kappa shape index (κ1) is 16.3. The summed E-state index contributed by atoms with van der Waals surface area (Å²) in [7, 11) is 0. The minimum absolute atomic E-state index is 0.0108. The van der Waals surface area contributed by atoms with E-state index in [0.717, 1.165) is 12.8 Å². The number of allylic oxidation sites excluding steroid dienone is 2. The Hall–Kier alpha value is -1.57. The molecule has 0 heterocycles. The van der Waals surface area contributed by atoms with Crippen molar-refractivity contribution in [3.8, 4) is 0 Å². The van der Waals surface area contributed by atoms with Crippen molar-refractivity contribution in [1.29, 1.82) is 0 Å². The molecule has 0 N–H and O–H groups in total. The summed E-state index contributed by atoms with van der Waals surface area (Å²) >= 11 is 0. The summed E-state index contributed by atoms with van der Waals surface area (Å²) in [5, 5.41) is 0. The van der Waals surface area contributed by atoms with Gasteiger partial charge in [-0.1, -0.05) is 58.0 Å². The molecule has 1 aromatic carbocycles. The normalized spacial score (nSPS) is 32.1. The molecule has 2 fully saturated rings. The van der Waals surface area contributed by atoms with Crippen molar-refractivity contribution in [2.45, 2.75) is 59.5 Å². The van der Waals surface area contributed by atoms with Gasteiger partial charge in [-0.3, -0.25) is 4.79 Å². The van der Waals surface area contributed by atoms with E-state index < -0.39 is 0 Å². The van der Waals surface area contributed by atoms with Crippen molar-refractivity contribution in [3.63, 3.8) is 0 Å². The second-order valence-electron chi connectivity index (χ2n) is 7.89. The third-order valence-corrected chi connectivity index (χ3v) is 6.63. The molecule has 0 unspecified atom stereocenters. The van der Waals surface area contributed by atoms with Crippen LogP contribution in [0.15, 0.2) is 42.2 Å². The molecule has 2 saturated carbocycles. The first-order chi connectivity index (χ1) is 10.9. The van der Waals surface area contributed by atoms with E-state index in [1.807, 2.05) is 43.3 Å². The van der Waals surface area contributed by atoms with Crippen LogP contribution in [0.1, 0.15) is 63.7 Å². The zero-order valence-electron chi connectivity index (χ0n) is 14.8. The lowest BCUT2D eigenvalue weighted by Gasteiger charge is -2.39. The van der Waals surface area contributed by atoms with Gasteiger partial charge in [0, 0.05) is 11.0 Å². The average molecular weight is 312 g/mol. The number of carbonyl (C=O) groups excluding carboxylic acids is 1. The van der Waals surface area contributed by atoms with E-state index in [9.17, 15) is 4.79 Å². The molecule has 2 aliphatic rings. The zero-order chi connectivity index (χ0) is 16.7. The van der Waals surface area contributed by atoms with Crippen molar-refractivity contribution >= 4 is 5.78 Å². The highest BCUT2D eigenvalue weighted by molar-refractivity contribution is 6.07. The highest BCUT2D eigenvalue weighted by atomic mass is 16.5. The molecular formula is C21H28O2. The van der Waals surface area contributed by atoms with Crippen LogP contribution in [0.25, 0.3) is 0 Å². The Morgan fingerprint density at radius 3 is 2.48 bits per heavy atom. The minimum atomic E-state index is 0.0108. The summed E-state index contributed by atoms with van der Waals surface area (Å²) in [6, 6.07) is 9.46. The van der Waals surface area contributed by atoms with Crippen LogP contribution in [-0.2, 0) is 4.74 Å². The van der Waals surface area contributed by atoms with Gasteiger partial charge in [0.05, 0.1) is 0 Å². The molecule has 2 aliphatic carbocycles. The van der Waals surface area contributed by atoms with Crippen LogP contribution in [0.4, 0.5) is 0 Å². The Morgan fingerprint density at radius 1 is 1.26 bits per heavy atom. The fraction of sp³-hybridized carbons (Fsp3) is 0.571. The second-order valence-corrected chi connectivity index (χ2v) is 7.89. The maximum Gasteiger partial charge on any atom is 0.227 e. The van der Waals surface area contributed by atoms with E-state index >= 15 is 0 Å². The van der Waals surface area contributed by atoms with Crippen molar-refractivity contribution in [2.75, 3.05) is 0 Å². The Morgan fingerprint density at radius 2 is 1.96 bits per heavy atom. The Balaban J connectivity index is 1.82. The second kappa shape index (κ2) is 5.81. The van der Waals surface area contributed by atoms with Crippen LogP contribution in [0.3, 0.4) is 0 Å². The van der Waals surface area contributed by atoms with Crippen molar-refractivity contribution in [3.05, 3.63) is 47.7 Å². The maximum atomic E-state index is 12.8. The van der Waals surface area contributed by atoms with Crippen LogP contribution < -0.4 is 0 Å². The van der Waals surface area contributed by atoms with Gasteiger partial charge in [0.15, 0.2) is 5.76 Å². The van der Waals surface area contributed by atoms with E-state index in [1.54, 1.807) is 0 Å². The van der Waals surface area contributed by atoms with E-state index in [4.69, 9.17) is 4.74 Å². The van der Waals surface area contributed by atoms with Crippen LogP contribution in [0.2, 0.25) is 0 Å². The average Bonchev–Trinajstić information content (AvgIpc) is 2.88.